The van der Waals surface area contributed by atoms with E-state index in [2.05, 4.69) is 34.5 Å². The maximum atomic E-state index is 5.73. The fraction of sp³-hybridized carbons (Fsp3) is 0.500. The molecule has 1 unspecified atom stereocenters. The van der Waals surface area contributed by atoms with Crippen molar-refractivity contribution in [3.05, 3.63) is 41.5 Å². The Kier molecular flexibility index (Phi) is 4.50. The number of hydrogen-bond acceptors (Lipinski definition) is 5. The highest BCUT2D eigenvalue weighted by atomic mass is 16.5. The molecule has 0 spiro atoms. The van der Waals surface area contributed by atoms with E-state index in [0.29, 0.717) is 18.5 Å². The van der Waals surface area contributed by atoms with Gasteiger partial charge in [-0.15, -0.1) is 0 Å². The Morgan fingerprint density at radius 1 is 1.43 bits per heavy atom. The van der Waals surface area contributed by atoms with E-state index in [1.807, 2.05) is 6.07 Å². The summed E-state index contributed by atoms with van der Waals surface area (Å²) in [5.41, 5.74) is 2.81. The Morgan fingerprint density at radius 2 is 2.38 bits per heavy atom. The third-order valence-electron chi connectivity index (χ3n) is 3.84. The average Bonchev–Trinajstić information content (AvgIpc) is 3.04. The first-order valence-electron chi connectivity index (χ1n) is 7.61. The molecule has 0 aliphatic heterocycles. The fourth-order valence-electron chi connectivity index (χ4n) is 2.81. The molecule has 1 aliphatic carbocycles. The summed E-state index contributed by atoms with van der Waals surface area (Å²) >= 11 is 0. The summed E-state index contributed by atoms with van der Waals surface area (Å²) in [6.07, 6.45) is 6.05. The monoisotopic (exact) mass is 287 g/mol. The van der Waals surface area contributed by atoms with Gasteiger partial charge in [0.05, 0.1) is 0 Å². The van der Waals surface area contributed by atoms with Gasteiger partial charge in [-0.2, -0.15) is 4.98 Å². The molecule has 0 radical (unpaired) electrons. The average molecular weight is 287 g/mol. The highest BCUT2D eigenvalue weighted by Crippen LogP contribution is 2.32. The molecule has 5 nitrogen and oxygen atoms in total. The van der Waals surface area contributed by atoms with Crippen LogP contribution in [0.4, 0.5) is 0 Å². The van der Waals surface area contributed by atoms with Gasteiger partial charge in [-0.1, -0.05) is 18.1 Å². The van der Waals surface area contributed by atoms with E-state index < -0.39 is 0 Å². The predicted octanol–water partition coefficient (Wildman–Crippen LogP) is 3.03. The van der Waals surface area contributed by atoms with Crippen molar-refractivity contribution < 1.29 is 9.26 Å². The highest BCUT2D eigenvalue weighted by Gasteiger charge is 2.19. The second kappa shape index (κ2) is 6.72. The second-order valence-corrected chi connectivity index (χ2v) is 5.40. The Balaban J connectivity index is 1.68. The summed E-state index contributed by atoms with van der Waals surface area (Å²) in [6.45, 7) is 3.61. The lowest BCUT2D eigenvalue weighted by atomic mass is 9.87. The number of fused-ring (bicyclic) bond motifs is 1. The minimum atomic E-state index is 0.340. The van der Waals surface area contributed by atoms with Crippen LogP contribution in [0.15, 0.2) is 29.1 Å². The Hall–Kier alpha value is -1.88. The van der Waals surface area contributed by atoms with Gasteiger partial charge in [-0.3, -0.25) is 0 Å². The number of aromatic nitrogens is 2. The van der Waals surface area contributed by atoms with Crippen molar-refractivity contribution in [2.45, 2.75) is 45.3 Å². The first kappa shape index (κ1) is 14.1. The van der Waals surface area contributed by atoms with Crippen LogP contribution in [0.5, 0.6) is 5.75 Å². The summed E-state index contributed by atoms with van der Waals surface area (Å²) < 4.78 is 10.4. The SMILES string of the molecule is CCCNC1CCCc2cc(OCc3ncon3)ccc21. The normalized spacial score (nSPS) is 17.5. The van der Waals surface area contributed by atoms with Crippen LogP contribution in [0.25, 0.3) is 0 Å². The molecule has 0 bridgehead atoms. The van der Waals surface area contributed by atoms with E-state index in [4.69, 9.17) is 9.26 Å². The lowest BCUT2D eigenvalue weighted by Gasteiger charge is -2.27. The van der Waals surface area contributed by atoms with Crippen molar-refractivity contribution >= 4 is 0 Å². The predicted molar refractivity (Wildman–Crippen MR) is 79.0 cm³/mol. The fourth-order valence-corrected chi connectivity index (χ4v) is 2.81. The first-order valence-corrected chi connectivity index (χ1v) is 7.61. The zero-order chi connectivity index (χ0) is 14.5. The van der Waals surface area contributed by atoms with Crippen molar-refractivity contribution in [2.75, 3.05) is 6.54 Å². The Bertz CT molecular complexity index is 569. The Labute approximate surface area is 124 Å². The maximum Gasteiger partial charge on any atom is 0.213 e. The van der Waals surface area contributed by atoms with Crippen molar-refractivity contribution in [2.24, 2.45) is 0 Å². The van der Waals surface area contributed by atoms with Crippen molar-refractivity contribution in [1.82, 2.24) is 15.5 Å². The smallest absolute Gasteiger partial charge is 0.213 e. The van der Waals surface area contributed by atoms with Gasteiger partial charge in [0.2, 0.25) is 12.2 Å². The number of nitrogens with zero attached hydrogens (tertiary/aromatic N) is 2. The molecular weight excluding hydrogens is 266 g/mol. The lowest BCUT2D eigenvalue weighted by molar-refractivity contribution is 0.286. The maximum absolute atomic E-state index is 5.73. The molecule has 1 heterocycles. The van der Waals surface area contributed by atoms with Crippen LogP contribution in [0.1, 0.15) is 49.2 Å². The molecule has 0 saturated heterocycles. The molecule has 21 heavy (non-hydrogen) atoms. The highest BCUT2D eigenvalue weighted by molar-refractivity contribution is 5.39. The van der Waals surface area contributed by atoms with Gasteiger partial charge in [0, 0.05) is 6.04 Å². The standard InChI is InChI=1S/C16H21N3O2/c1-2-8-17-15-5-3-4-12-9-13(6-7-14(12)15)20-10-16-18-11-21-19-16/h6-7,9,11,15,17H,2-5,8,10H2,1H3. The minimum absolute atomic E-state index is 0.340. The van der Waals surface area contributed by atoms with Crippen molar-refractivity contribution in [3.8, 4) is 5.75 Å². The molecule has 3 rings (SSSR count). The molecular formula is C16H21N3O2. The molecule has 1 N–H and O–H groups in total. The van der Waals surface area contributed by atoms with E-state index in [1.54, 1.807) is 0 Å². The van der Waals surface area contributed by atoms with Gasteiger partial charge in [0.15, 0.2) is 6.61 Å². The number of aryl methyl sites for hydroxylation is 1. The summed E-state index contributed by atoms with van der Waals surface area (Å²) in [5.74, 6) is 1.44. The van der Waals surface area contributed by atoms with E-state index in [-0.39, 0.29) is 0 Å². The van der Waals surface area contributed by atoms with Gasteiger partial charge < -0.3 is 14.6 Å². The number of nitrogens with one attached hydrogen (secondary N) is 1. The van der Waals surface area contributed by atoms with Crippen LogP contribution in [0.3, 0.4) is 0 Å². The molecule has 1 aliphatic rings. The molecule has 0 fully saturated rings. The zero-order valence-corrected chi connectivity index (χ0v) is 12.3. The van der Waals surface area contributed by atoms with E-state index in [9.17, 15) is 0 Å². The van der Waals surface area contributed by atoms with Crippen LogP contribution in [0.2, 0.25) is 0 Å². The van der Waals surface area contributed by atoms with Gasteiger partial charge in [-0.25, -0.2) is 0 Å². The summed E-state index contributed by atoms with van der Waals surface area (Å²) in [5, 5.41) is 7.37. The quantitative estimate of drug-likeness (QED) is 0.885. The van der Waals surface area contributed by atoms with Gasteiger partial charge in [0.25, 0.3) is 0 Å². The summed E-state index contributed by atoms with van der Waals surface area (Å²) in [7, 11) is 0. The van der Waals surface area contributed by atoms with Crippen molar-refractivity contribution in [1.29, 1.82) is 0 Å². The van der Waals surface area contributed by atoms with Gasteiger partial charge in [0.1, 0.15) is 5.75 Å². The van der Waals surface area contributed by atoms with Crippen LogP contribution in [-0.2, 0) is 13.0 Å². The first-order chi connectivity index (χ1) is 10.4. The summed E-state index contributed by atoms with van der Waals surface area (Å²) in [4.78, 5) is 3.95. The number of benzene rings is 1. The van der Waals surface area contributed by atoms with E-state index >= 15 is 0 Å². The van der Waals surface area contributed by atoms with E-state index in [0.717, 1.165) is 25.1 Å². The number of rotatable bonds is 6. The molecule has 112 valence electrons. The molecule has 0 amide bonds. The minimum Gasteiger partial charge on any atom is -0.485 e. The van der Waals surface area contributed by atoms with Crippen LogP contribution in [-0.4, -0.2) is 16.7 Å². The molecule has 5 heteroatoms. The second-order valence-electron chi connectivity index (χ2n) is 5.40. The summed E-state index contributed by atoms with van der Waals surface area (Å²) in [6, 6.07) is 6.85. The Morgan fingerprint density at radius 3 is 3.19 bits per heavy atom. The topological polar surface area (TPSA) is 60.2 Å². The molecule has 1 atom stereocenters. The van der Waals surface area contributed by atoms with Gasteiger partial charge >= 0.3 is 0 Å². The van der Waals surface area contributed by atoms with Crippen molar-refractivity contribution in [3.63, 3.8) is 0 Å². The molecule has 1 aromatic heterocycles. The molecule has 0 saturated carbocycles. The third kappa shape index (κ3) is 3.42. The third-order valence-corrected chi connectivity index (χ3v) is 3.84. The number of hydrogen-bond donors (Lipinski definition) is 1. The van der Waals surface area contributed by atoms with Crippen LogP contribution in [0, 0.1) is 0 Å². The van der Waals surface area contributed by atoms with Crippen LogP contribution < -0.4 is 10.1 Å². The molecule has 1 aromatic carbocycles. The van der Waals surface area contributed by atoms with Gasteiger partial charge in [-0.05, 0) is 55.5 Å². The van der Waals surface area contributed by atoms with Crippen LogP contribution >= 0.6 is 0 Å². The molecule has 2 aromatic rings. The van der Waals surface area contributed by atoms with E-state index in [1.165, 1.54) is 30.4 Å². The lowest BCUT2D eigenvalue weighted by Crippen LogP contribution is -2.25. The number of ether oxygens (including phenoxy) is 1. The zero-order valence-electron chi connectivity index (χ0n) is 12.3. The largest absolute Gasteiger partial charge is 0.485 e.